The second kappa shape index (κ2) is 9.97. The largest absolute Gasteiger partial charge is 0.442 e. The molecule has 2 saturated heterocycles. The Labute approximate surface area is 192 Å². The first-order valence-corrected chi connectivity index (χ1v) is 13.4. The highest BCUT2D eigenvalue weighted by Crippen LogP contribution is 2.50. The minimum absolute atomic E-state index is 0.0478. The van der Waals surface area contributed by atoms with Crippen LogP contribution < -0.4 is 15.1 Å². The predicted molar refractivity (Wildman–Crippen MR) is 120 cm³/mol. The summed E-state index contributed by atoms with van der Waals surface area (Å²) >= 11 is 0. The standard InChI is InChI=1S/C22H30F2N3O5P/c1-15(28)25-12-18-13-27(22(29)32-18)17-10-19(23)21(20(24)11-17)26-6-8-33(30,9-7-26)31-14-16-4-2-3-5-16/h10-11,16,18H,2-9,12-14H2,1H3,(H,25,28)/t18-/m0/s1. The maximum atomic E-state index is 15.0. The highest BCUT2D eigenvalue weighted by molar-refractivity contribution is 7.59. The quantitative estimate of drug-likeness (QED) is 0.593. The molecule has 1 aromatic rings. The van der Waals surface area contributed by atoms with Crippen LogP contribution in [0.4, 0.5) is 25.0 Å². The summed E-state index contributed by atoms with van der Waals surface area (Å²) in [6.07, 6.45) is 3.76. The first-order chi connectivity index (χ1) is 15.7. The number of rotatable bonds is 7. The predicted octanol–water partition coefficient (Wildman–Crippen LogP) is 3.73. The number of ether oxygens (including phenoxy) is 1. The second-order valence-corrected chi connectivity index (χ2v) is 11.8. The van der Waals surface area contributed by atoms with Crippen LogP contribution >= 0.6 is 7.37 Å². The van der Waals surface area contributed by atoms with Crippen molar-refractivity contribution in [2.45, 2.75) is 38.7 Å². The van der Waals surface area contributed by atoms with Gasteiger partial charge in [-0.1, -0.05) is 12.8 Å². The number of benzene rings is 1. The molecule has 8 nitrogen and oxygen atoms in total. The fraction of sp³-hybridized carbons (Fsp3) is 0.636. The molecule has 0 radical (unpaired) electrons. The van der Waals surface area contributed by atoms with Crippen molar-refractivity contribution in [2.24, 2.45) is 5.92 Å². The van der Waals surface area contributed by atoms with Gasteiger partial charge in [-0.3, -0.25) is 14.3 Å². The molecular weight excluding hydrogens is 455 g/mol. The topological polar surface area (TPSA) is 88.2 Å². The molecule has 3 fully saturated rings. The summed E-state index contributed by atoms with van der Waals surface area (Å²) in [6.45, 7) is 2.52. The molecule has 0 unspecified atom stereocenters. The normalized spacial score (nSPS) is 23.1. The fourth-order valence-electron chi connectivity index (χ4n) is 4.65. The number of anilines is 2. The Morgan fingerprint density at radius 1 is 1.21 bits per heavy atom. The Bertz CT molecular complexity index is 921. The first kappa shape index (κ1) is 24.0. The molecule has 11 heteroatoms. The minimum atomic E-state index is -2.80. The molecule has 1 saturated carbocycles. The first-order valence-electron chi connectivity index (χ1n) is 11.4. The number of hydrogen-bond donors (Lipinski definition) is 1. The lowest BCUT2D eigenvalue weighted by Gasteiger charge is -2.34. The van der Waals surface area contributed by atoms with Crippen molar-refractivity contribution in [1.29, 1.82) is 0 Å². The molecule has 2 heterocycles. The van der Waals surface area contributed by atoms with Crippen molar-refractivity contribution < 1.29 is 32.2 Å². The van der Waals surface area contributed by atoms with Crippen LogP contribution in [0.1, 0.15) is 32.6 Å². The summed E-state index contributed by atoms with van der Waals surface area (Å²) in [5.41, 5.74) is -0.144. The van der Waals surface area contributed by atoms with Gasteiger partial charge in [-0.25, -0.2) is 13.6 Å². The third-order valence-corrected chi connectivity index (χ3v) is 8.91. The summed E-state index contributed by atoms with van der Waals surface area (Å²) in [6, 6.07) is 2.20. The summed E-state index contributed by atoms with van der Waals surface area (Å²) in [7, 11) is -2.80. The minimum Gasteiger partial charge on any atom is -0.442 e. The van der Waals surface area contributed by atoms with Gasteiger partial charge in [0, 0.05) is 44.5 Å². The van der Waals surface area contributed by atoms with Crippen LogP contribution in [0.25, 0.3) is 0 Å². The van der Waals surface area contributed by atoms with E-state index in [2.05, 4.69) is 5.32 Å². The number of amides is 2. The van der Waals surface area contributed by atoms with Gasteiger partial charge in [0.2, 0.25) is 13.3 Å². The van der Waals surface area contributed by atoms with E-state index in [1.807, 2.05) is 0 Å². The SMILES string of the molecule is CC(=O)NC[C@H]1CN(c2cc(F)c(N3CCP(=O)(OCC4CCCC4)CC3)c(F)c2)C(=O)O1. The lowest BCUT2D eigenvalue weighted by Crippen LogP contribution is -2.37. The van der Waals surface area contributed by atoms with E-state index in [1.165, 1.54) is 19.8 Å². The monoisotopic (exact) mass is 485 g/mol. The van der Waals surface area contributed by atoms with E-state index in [0.29, 0.717) is 12.5 Å². The number of hydrogen-bond acceptors (Lipinski definition) is 6. The van der Waals surface area contributed by atoms with Gasteiger partial charge in [0.05, 0.1) is 25.4 Å². The van der Waals surface area contributed by atoms with E-state index >= 15 is 0 Å². The van der Waals surface area contributed by atoms with Gasteiger partial charge >= 0.3 is 6.09 Å². The molecule has 0 bridgehead atoms. The molecule has 2 amide bonds. The van der Waals surface area contributed by atoms with Gasteiger partial charge < -0.3 is 19.5 Å². The van der Waals surface area contributed by atoms with Crippen LogP contribution in [0.2, 0.25) is 0 Å². The molecule has 1 atom stereocenters. The Kier molecular flexibility index (Phi) is 7.24. The van der Waals surface area contributed by atoms with Crippen molar-refractivity contribution in [2.75, 3.05) is 54.9 Å². The molecule has 2 aliphatic heterocycles. The molecule has 182 valence electrons. The van der Waals surface area contributed by atoms with Gasteiger partial charge in [0.15, 0.2) is 11.6 Å². The molecule has 0 aromatic heterocycles. The van der Waals surface area contributed by atoms with Crippen LogP contribution in [0.15, 0.2) is 12.1 Å². The third-order valence-electron chi connectivity index (χ3n) is 6.52. The lowest BCUT2D eigenvalue weighted by molar-refractivity contribution is -0.119. The zero-order valence-electron chi connectivity index (χ0n) is 18.7. The number of carbonyl (C=O) groups is 2. The summed E-state index contributed by atoms with van der Waals surface area (Å²) in [4.78, 5) is 25.9. The number of nitrogens with one attached hydrogen (secondary N) is 1. The number of cyclic esters (lactones) is 1. The van der Waals surface area contributed by atoms with Gasteiger partial charge in [0.1, 0.15) is 11.8 Å². The Balaban J connectivity index is 1.38. The number of nitrogens with zero attached hydrogens (tertiary/aromatic N) is 2. The van der Waals surface area contributed by atoms with Crippen LogP contribution in [-0.4, -0.2) is 63.2 Å². The second-order valence-electron chi connectivity index (χ2n) is 9.01. The van der Waals surface area contributed by atoms with E-state index in [4.69, 9.17) is 9.26 Å². The molecule has 4 rings (SSSR count). The highest BCUT2D eigenvalue weighted by atomic mass is 31.2. The lowest BCUT2D eigenvalue weighted by atomic mass is 10.1. The summed E-state index contributed by atoms with van der Waals surface area (Å²) < 4.78 is 53.9. The third kappa shape index (κ3) is 5.66. The van der Waals surface area contributed by atoms with Crippen molar-refractivity contribution in [1.82, 2.24) is 5.32 Å². The Morgan fingerprint density at radius 3 is 2.45 bits per heavy atom. The van der Waals surface area contributed by atoms with Crippen molar-refractivity contribution >= 4 is 30.7 Å². The van der Waals surface area contributed by atoms with Crippen LogP contribution in [0, 0.1) is 17.6 Å². The molecular formula is C22H30F2N3O5P. The van der Waals surface area contributed by atoms with Gasteiger partial charge in [-0.2, -0.15) is 0 Å². The van der Waals surface area contributed by atoms with E-state index < -0.39 is 31.2 Å². The van der Waals surface area contributed by atoms with Gasteiger partial charge in [-0.05, 0) is 18.8 Å². The van der Waals surface area contributed by atoms with E-state index in [-0.39, 0.29) is 55.8 Å². The fourth-order valence-corrected chi connectivity index (χ4v) is 6.70. The summed E-state index contributed by atoms with van der Waals surface area (Å²) in [5, 5.41) is 2.56. The molecule has 1 aliphatic carbocycles. The zero-order chi connectivity index (χ0) is 23.6. The van der Waals surface area contributed by atoms with Crippen molar-refractivity contribution in [3.8, 4) is 0 Å². The van der Waals surface area contributed by atoms with Crippen LogP contribution in [0.3, 0.4) is 0 Å². The zero-order valence-corrected chi connectivity index (χ0v) is 19.6. The average Bonchev–Trinajstić information content (AvgIpc) is 3.41. The molecule has 0 spiro atoms. The van der Waals surface area contributed by atoms with E-state index in [1.54, 1.807) is 4.90 Å². The smallest absolute Gasteiger partial charge is 0.414 e. The highest BCUT2D eigenvalue weighted by Gasteiger charge is 2.36. The summed E-state index contributed by atoms with van der Waals surface area (Å²) in [5.74, 6) is -1.40. The Morgan fingerprint density at radius 2 is 1.85 bits per heavy atom. The maximum Gasteiger partial charge on any atom is 0.414 e. The van der Waals surface area contributed by atoms with Gasteiger partial charge in [-0.15, -0.1) is 0 Å². The average molecular weight is 485 g/mol. The van der Waals surface area contributed by atoms with Crippen LogP contribution in [0.5, 0.6) is 0 Å². The van der Waals surface area contributed by atoms with Crippen molar-refractivity contribution in [3.63, 3.8) is 0 Å². The molecule has 3 aliphatic rings. The molecule has 1 N–H and O–H groups in total. The van der Waals surface area contributed by atoms with Crippen molar-refractivity contribution in [3.05, 3.63) is 23.8 Å². The maximum absolute atomic E-state index is 15.0. The Hall–Kier alpha value is -2.19. The molecule has 33 heavy (non-hydrogen) atoms. The van der Waals surface area contributed by atoms with Crippen LogP contribution in [-0.2, 0) is 18.6 Å². The van der Waals surface area contributed by atoms with E-state index in [0.717, 1.165) is 29.9 Å². The number of carbonyl (C=O) groups excluding carboxylic acids is 2. The van der Waals surface area contributed by atoms with Gasteiger partial charge in [0.25, 0.3) is 0 Å². The molecule has 1 aromatic carbocycles. The number of halogens is 2. The van der Waals surface area contributed by atoms with E-state index in [9.17, 15) is 22.9 Å².